The Morgan fingerprint density at radius 3 is 2.88 bits per heavy atom. The number of nitrogens with one attached hydrogen (secondary N) is 1. The van der Waals surface area contributed by atoms with Crippen LogP contribution in [0.4, 0.5) is 5.69 Å². The number of hydrogen-bond donors (Lipinski definition) is 2. The molecular formula is C14H22N2O. The van der Waals surface area contributed by atoms with Gasteiger partial charge in [-0.2, -0.15) is 0 Å². The normalized spacial score (nSPS) is 16.5. The van der Waals surface area contributed by atoms with Crippen LogP contribution in [0.1, 0.15) is 25.8 Å². The number of fused-ring (bicyclic) bond motifs is 1. The van der Waals surface area contributed by atoms with Crippen LogP contribution in [0.25, 0.3) is 0 Å². The van der Waals surface area contributed by atoms with E-state index in [9.17, 15) is 5.11 Å². The zero-order chi connectivity index (χ0) is 12.3. The van der Waals surface area contributed by atoms with E-state index < -0.39 is 5.60 Å². The molecule has 2 N–H and O–H groups in total. The van der Waals surface area contributed by atoms with Gasteiger partial charge in [0.15, 0.2) is 0 Å². The van der Waals surface area contributed by atoms with Crippen molar-refractivity contribution < 1.29 is 5.11 Å². The van der Waals surface area contributed by atoms with Crippen molar-refractivity contribution in [2.75, 3.05) is 24.5 Å². The first kappa shape index (κ1) is 12.4. The molecular weight excluding hydrogens is 212 g/mol. The van der Waals surface area contributed by atoms with Gasteiger partial charge < -0.3 is 15.3 Å². The minimum atomic E-state index is -0.589. The van der Waals surface area contributed by atoms with Crippen molar-refractivity contribution in [1.82, 2.24) is 5.32 Å². The van der Waals surface area contributed by atoms with Crippen molar-refractivity contribution in [3.63, 3.8) is 0 Å². The van der Waals surface area contributed by atoms with Gasteiger partial charge in [-0.25, -0.2) is 0 Å². The Labute approximate surface area is 103 Å². The van der Waals surface area contributed by atoms with Crippen LogP contribution in [0.2, 0.25) is 0 Å². The van der Waals surface area contributed by atoms with Gasteiger partial charge in [0.2, 0.25) is 0 Å². The maximum Gasteiger partial charge on any atom is 0.0608 e. The molecule has 17 heavy (non-hydrogen) atoms. The van der Waals surface area contributed by atoms with Crippen LogP contribution in [0.3, 0.4) is 0 Å². The molecule has 1 heterocycles. The fourth-order valence-electron chi connectivity index (χ4n) is 2.17. The highest BCUT2D eigenvalue weighted by Crippen LogP contribution is 2.23. The van der Waals surface area contributed by atoms with Gasteiger partial charge >= 0.3 is 0 Å². The third kappa shape index (κ3) is 3.45. The van der Waals surface area contributed by atoms with Crippen LogP contribution < -0.4 is 10.2 Å². The van der Waals surface area contributed by atoms with E-state index in [2.05, 4.69) is 34.5 Å². The van der Waals surface area contributed by atoms with E-state index >= 15 is 0 Å². The molecule has 0 saturated heterocycles. The van der Waals surface area contributed by atoms with Gasteiger partial charge in [0.25, 0.3) is 0 Å². The van der Waals surface area contributed by atoms with Crippen LogP contribution in [0.15, 0.2) is 24.3 Å². The number of aliphatic hydroxyl groups is 1. The van der Waals surface area contributed by atoms with Crippen LogP contribution in [0, 0.1) is 0 Å². The molecule has 0 amide bonds. The molecule has 1 aliphatic heterocycles. The minimum Gasteiger partial charge on any atom is -0.390 e. The van der Waals surface area contributed by atoms with Gasteiger partial charge in [-0.15, -0.1) is 0 Å². The summed E-state index contributed by atoms with van der Waals surface area (Å²) in [7, 11) is 0. The summed E-state index contributed by atoms with van der Waals surface area (Å²) < 4.78 is 0. The number of anilines is 1. The zero-order valence-corrected chi connectivity index (χ0v) is 10.7. The van der Waals surface area contributed by atoms with E-state index in [1.165, 1.54) is 11.3 Å². The smallest absolute Gasteiger partial charge is 0.0608 e. The molecule has 0 radical (unpaired) electrons. The summed E-state index contributed by atoms with van der Waals surface area (Å²) >= 11 is 0. The minimum absolute atomic E-state index is 0.589. The molecule has 0 aliphatic carbocycles. The zero-order valence-electron chi connectivity index (χ0n) is 10.7. The highest BCUT2D eigenvalue weighted by molar-refractivity contribution is 5.54. The second-order valence-electron chi connectivity index (χ2n) is 5.35. The number of benzene rings is 1. The number of nitrogens with zero attached hydrogens (tertiary/aromatic N) is 1. The molecule has 1 aromatic carbocycles. The van der Waals surface area contributed by atoms with Crippen LogP contribution in [0.5, 0.6) is 0 Å². The molecule has 1 aliphatic rings. The number of hydrogen-bond acceptors (Lipinski definition) is 3. The molecule has 0 bridgehead atoms. The predicted molar refractivity (Wildman–Crippen MR) is 71.3 cm³/mol. The topological polar surface area (TPSA) is 35.5 Å². The highest BCUT2D eigenvalue weighted by atomic mass is 16.3. The van der Waals surface area contributed by atoms with Gasteiger partial charge in [-0.1, -0.05) is 18.2 Å². The average molecular weight is 234 g/mol. The quantitative estimate of drug-likeness (QED) is 0.836. The summed E-state index contributed by atoms with van der Waals surface area (Å²) in [6, 6.07) is 8.51. The fourth-order valence-corrected chi connectivity index (χ4v) is 2.17. The summed E-state index contributed by atoms with van der Waals surface area (Å²) in [4.78, 5) is 2.37. The van der Waals surface area contributed by atoms with Crippen molar-refractivity contribution in [3.8, 4) is 0 Å². The third-order valence-corrected chi connectivity index (χ3v) is 3.20. The van der Waals surface area contributed by atoms with Gasteiger partial charge in [-0.05, 0) is 31.9 Å². The van der Waals surface area contributed by atoms with Crippen LogP contribution in [-0.4, -0.2) is 30.3 Å². The molecule has 0 atom stereocenters. The summed E-state index contributed by atoms with van der Waals surface area (Å²) in [6.07, 6.45) is 0.793. The van der Waals surface area contributed by atoms with Crippen molar-refractivity contribution in [3.05, 3.63) is 29.8 Å². The van der Waals surface area contributed by atoms with Gasteiger partial charge in [0.05, 0.1) is 5.60 Å². The van der Waals surface area contributed by atoms with Gasteiger partial charge in [0, 0.05) is 31.9 Å². The molecule has 2 rings (SSSR count). The Balaban J connectivity index is 2.12. The lowest BCUT2D eigenvalue weighted by Gasteiger charge is -2.27. The average Bonchev–Trinajstić information content (AvgIpc) is 2.47. The van der Waals surface area contributed by atoms with E-state index in [0.717, 1.165) is 32.6 Å². The first-order valence-electron chi connectivity index (χ1n) is 6.32. The fraction of sp³-hybridized carbons (Fsp3) is 0.571. The molecule has 94 valence electrons. The van der Waals surface area contributed by atoms with Gasteiger partial charge in [-0.3, -0.25) is 0 Å². The first-order chi connectivity index (χ1) is 8.06. The van der Waals surface area contributed by atoms with Crippen LogP contribution in [-0.2, 0) is 6.54 Å². The molecule has 0 unspecified atom stereocenters. The largest absolute Gasteiger partial charge is 0.390 e. The summed E-state index contributed by atoms with van der Waals surface area (Å²) in [5.74, 6) is 0. The Kier molecular flexibility index (Phi) is 3.69. The third-order valence-electron chi connectivity index (χ3n) is 3.20. The van der Waals surface area contributed by atoms with Crippen molar-refractivity contribution >= 4 is 5.69 Å². The molecule has 0 fully saturated rings. The van der Waals surface area contributed by atoms with E-state index in [1.807, 2.05) is 13.8 Å². The summed E-state index contributed by atoms with van der Waals surface area (Å²) in [6.45, 7) is 7.59. The van der Waals surface area contributed by atoms with Crippen molar-refractivity contribution in [2.24, 2.45) is 0 Å². The molecule has 0 saturated carbocycles. The lowest BCUT2D eigenvalue weighted by Crippen LogP contribution is -2.33. The SMILES string of the molecule is CC(C)(O)CCN1CCNCc2ccccc21. The van der Waals surface area contributed by atoms with Crippen molar-refractivity contribution in [2.45, 2.75) is 32.4 Å². The summed E-state index contributed by atoms with van der Waals surface area (Å²) in [5.41, 5.74) is 2.07. The Morgan fingerprint density at radius 1 is 1.35 bits per heavy atom. The lowest BCUT2D eigenvalue weighted by molar-refractivity contribution is 0.0731. The standard InChI is InChI=1S/C14H22N2O/c1-14(2,17)7-9-16-10-8-15-11-12-5-3-4-6-13(12)16/h3-6,15,17H,7-11H2,1-2H3. The predicted octanol–water partition coefficient (Wildman–Crippen LogP) is 1.76. The molecule has 3 nitrogen and oxygen atoms in total. The first-order valence-corrected chi connectivity index (χ1v) is 6.32. The van der Waals surface area contributed by atoms with Crippen LogP contribution >= 0.6 is 0 Å². The molecule has 0 spiro atoms. The van der Waals surface area contributed by atoms with E-state index in [0.29, 0.717) is 0 Å². The van der Waals surface area contributed by atoms with E-state index in [-0.39, 0.29) is 0 Å². The van der Waals surface area contributed by atoms with Gasteiger partial charge in [0.1, 0.15) is 0 Å². The molecule has 0 aromatic heterocycles. The monoisotopic (exact) mass is 234 g/mol. The van der Waals surface area contributed by atoms with E-state index in [1.54, 1.807) is 0 Å². The number of rotatable bonds is 3. The lowest BCUT2D eigenvalue weighted by atomic mass is 10.0. The summed E-state index contributed by atoms with van der Waals surface area (Å²) in [5, 5.41) is 13.3. The van der Waals surface area contributed by atoms with E-state index in [4.69, 9.17) is 0 Å². The Bertz CT molecular complexity index is 371. The second-order valence-corrected chi connectivity index (χ2v) is 5.35. The maximum atomic E-state index is 9.82. The number of para-hydroxylation sites is 1. The Morgan fingerprint density at radius 2 is 2.12 bits per heavy atom. The highest BCUT2D eigenvalue weighted by Gasteiger charge is 2.18. The second kappa shape index (κ2) is 5.07. The molecule has 1 aromatic rings. The Hall–Kier alpha value is -1.06. The molecule has 3 heteroatoms. The van der Waals surface area contributed by atoms with Crippen molar-refractivity contribution in [1.29, 1.82) is 0 Å². The maximum absolute atomic E-state index is 9.82.